The number of fused-ring (bicyclic) bond motifs is 1. The molecule has 1 aromatic heterocycles. The van der Waals surface area contributed by atoms with E-state index in [-0.39, 0.29) is 9.83 Å². The Balaban J connectivity index is 1.80. The Bertz CT molecular complexity index is 482. The maximum Gasteiger partial charge on any atom is 0.240 e. The second-order valence-corrected chi connectivity index (χ2v) is 6.81. The zero-order valence-corrected chi connectivity index (χ0v) is 13.2. The van der Waals surface area contributed by atoms with E-state index in [0.29, 0.717) is 5.92 Å². The molecule has 0 radical (unpaired) electrons. The highest BCUT2D eigenvalue weighted by Crippen LogP contribution is 2.26. The van der Waals surface area contributed by atoms with E-state index in [1.165, 1.54) is 0 Å². The molecular weight excluding hydrogens is 357 g/mol. The van der Waals surface area contributed by atoms with Crippen LogP contribution in [0.4, 0.5) is 5.82 Å². The van der Waals surface area contributed by atoms with E-state index in [9.17, 15) is 4.79 Å². The maximum atomic E-state index is 12.1. The van der Waals surface area contributed by atoms with Crippen LogP contribution in [0, 0.1) is 5.92 Å². The molecule has 2 unspecified atom stereocenters. The van der Waals surface area contributed by atoms with Crippen LogP contribution in [0.3, 0.4) is 0 Å². The Morgan fingerprint density at radius 2 is 2.37 bits per heavy atom. The molecule has 2 aliphatic heterocycles. The topological polar surface area (TPSA) is 47.4 Å². The van der Waals surface area contributed by atoms with Crippen LogP contribution >= 0.6 is 22.6 Å². The first-order valence-corrected chi connectivity index (χ1v) is 7.96. The minimum atomic E-state index is 0.0518. The van der Waals surface area contributed by atoms with E-state index in [1.54, 1.807) is 4.90 Å². The van der Waals surface area contributed by atoms with Crippen LogP contribution in [0.15, 0.2) is 6.07 Å². The van der Waals surface area contributed by atoms with Gasteiger partial charge in [-0.3, -0.25) is 9.69 Å². The predicted octanol–water partition coefficient (Wildman–Crippen LogP) is 1.63. The first-order valence-electron chi connectivity index (χ1n) is 6.71. The standard InChI is InChI=1S/C13H18IN3O2/c1-16-12-7-10(6-9-3-5-19-8-9)15-17(12)4-2-11(14)13(16)18/h7,9,11H,2-6,8H2,1H3. The van der Waals surface area contributed by atoms with Crippen molar-refractivity contribution in [1.29, 1.82) is 0 Å². The molecule has 2 aliphatic rings. The highest BCUT2D eigenvalue weighted by atomic mass is 127. The van der Waals surface area contributed by atoms with Gasteiger partial charge in [-0.15, -0.1) is 0 Å². The lowest BCUT2D eigenvalue weighted by molar-refractivity contribution is -0.117. The summed E-state index contributed by atoms with van der Waals surface area (Å²) >= 11 is 2.22. The quantitative estimate of drug-likeness (QED) is 0.583. The van der Waals surface area contributed by atoms with Crippen molar-refractivity contribution in [1.82, 2.24) is 9.78 Å². The second kappa shape index (κ2) is 5.40. The summed E-state index contributed by atoms with van der Waals surface area (Å²) in [6.45, 7) is 2.53. The summed E-state index contributed by atoms with van der Waals surface area (Å²) in [4.78, 5) is 13.9. The van der Waals surface area contributed by atoms with Crippen molar-refractivity contribution in [2.24, 2.45) is 5.92 Å². The van der Waals surface area contributed by atoms with Gasteiger partial charge in [0.25, 0.3) is 0 Å². The lowest BCUT2D eigenvalue weighted by Crippen LogP contribution is -2.32. The number of hydrogen-bond acceptors (Lipinski definition) is 3. The summed E-state index contributed by atoms with van der Waals surface area (Å²) < 4.78 is 7.43. The largest absolute Gasteiger partial charge is 0.381 e. The summed E-state index contributed by atoms with van der Waals surface area (Å²) in [5.41, 5.74) is 1.08. The Morgan fingerprint density at radius 1 is 1.53 bits per heavy atom. The molecule has 3 heterocycles. The van der Waals surface area contributed by atoms with Gasteiger partial charge in [0.05, 0.1) is 9.62 Å². The number of aromatic nitrogens is 2. The summed E-state index contributed by atoms with van der Waals surface area (Å²) in [5, 5.41) is 4.66. The smallest absolute Gasteiger partial charge is 0.240 e. The number of rotatable bonds is 2. The van der Waals surface area contributed by atoms with Gasteiger partial charge in [-0.05, 0) is 25.2 Å². The lowest BCUT2D eigenvalue weighted by atomic mass is 10.0. The summed E-state index contributed by atoms with van der Waals surface area (Å²) in [6, 6.07) is 2.06. The van der Waals surface area contributed by atoms with Crippen molar-refractivity contribution in [3.8, 4) is 0 Å². The lowest BCUT2D eigenvalue weighted by Gasteiger charge is -2.15. The Labute approximate surface area is 126 Å². The van der Waals surface area contributed by atoms with Crippen molar-refractivity contribution < 1.29 is 9.53 Å². The first-order chi connectivity index (χ1) is 9.15. The molecule has 3 rings (SSSR count). The van der Waals surface area contributed by atoms with Crippen LogP contribution in [-0.2, 0) is 22.5 Å². The van der Waals surface area contributed by atoms with Crippen molar-refractivity contribution in [2.75, 3.05) is 25.2 Å². The van der Waals surface area contributed by atoms with Crippen LogP contribution < -0.4 is 4.90 Å². The number of nitrogens with zero attached hydrogens (tertiary/aromatic N) is 3. The molecule has 0 saturated carbocycles. The number of anilines is 1. The average molecular weight is 375 g/mol. The maximum absolute atomic E-state index is 12.1. The minimum Gasteiger partial charge on any atom is -0.381 e. The Morgan fingerprint density at radius 3 is 3.11 bits per heavy atom. The van der Waals surface area contributed by atoms with Crippen LogP contribution in [0.25, 0.3) is 0 Å². The Kier molecular flexibility index (Phi) is 3.79. The van der Waals surface area contributed by atoms with Gasteiger partial charge in [0, 0.05) is 32.9 Å². The van der Waals surface area contributed by atoms with Crippen LogP contribution in [-0.4, -0.2) is 39.9 Å². The van der Waals surface area contributed by atoms with Gasteiger partial charge in [-0.25, -0.2) is 4.68 Å². The van der Waals surface area contributed by atoms with Gasteiger partial charge in [0.15, 0.2) is 0 Å². The predicted molar refractivity (Wildman–Crippen MR) is 80.7 cm³/mol. The molecule has 19 heavy (non-hydrogen) atoms. The third kappa shape index (κ3) is 2.65. The number of carbonyl (C=O) groups is 1. The highest BCUT2D eigenvalue weighted by molar-refractivity contribution is 14.1. The van der Waals surface area contributed by atoms with Crippen LogP contribution in [0.2, 0.25) is 0 Å². The van der Waals surface area contributed by atoms with Gasteiger partial charge < -0.3 is 4.74 Å². The summed E-state index contributed by atoms with van der Waals surface area (Å²) in [6.07, 6.45) is 2.92. The number of hydrogen-bond donors (Lipinski definition) is 0. The molecule has 0 aliphatic carbocycles. The molecule has 2 atom stereocenters. The monoisotopic (exact) mass is 375 g/mol. The second-order valence-electron chi connectivity index (χ2n) is 5.30. The zero-order valence-electron chi connectivity index (χ0n) is 11.0. The van der Waals surface area contributed by atoms with Gasteiger partial charge in [0.1, 0.15) is 5.82 Å². The Hall–Kier alpha value is -0.630. The number of amides is 1. The number of aryl methyl sites for hydroxylation is 1. The molecule has 0 aromatic carbocycles. The molecule has 1 fully saturated rings. The molecule has 6 heteroatoms. The molecule has 0 spiro atoms. The number of halogens is 1. The minimum absolute atomic E-state index is 0.0518. The highest BCUT2D eigenvalue weighted by Gasteiger charge is 2.28. The van der Waals surface area contributed by atoms with Gasteiger partial charge in [-0.1, -0.05) is 22.6 Å². The number of ether oxygens (including phenoxy) is 1. The number of alkyl halides is 1. The van der Waals surface area contributed by atoms with Crippen molar-refractivity contribution in [2.45, 2.75) is 29.7 Å². The fraction of sp³-hybridized carbons (Fsp3) is 0.692. The third-order valence-electron chi connectivity index (χ3n) is 3.87. The molecular formula is C13H18IN3O2. The van der Waals surface area contributed by atoms with E-state index in [2.05, 4.69) is 33.8 Å². The van der Waals surface area contributed by atoms with Crippen LogP contribution in [0.5, 0.6) is 0 Å². The van der Waals surface area contributed by atoms with Gasteiger partial charge >= 0.3 is 0 Å². The molecule has 5 nitrogen and oxygen atoms in total. The molecule has 104 valence electrons. The third-order valence-corrected chi connectivity index (χ3v) is 5.02. The van der Waals surface area contributed by atoms with E-state index in [0.717, 1.165) is 50.5 Å². The molecule has 0 bridgehead atoms. The van der Waals surface area contributed by atoms with Crippen molar-refractivity contribution in [3.05, 3.63) is 11.8 Å². The van der Waals surface area contributed by atoms with Gasteiger partial charge in [0.2, 0.25) is 5.91 Å². The molecule has 0 N–H and O–H groups in total. The first kappa shape index (κ1) is 13.4. The van der Waals surface area contributed by atoms with Crippen molar-refractivity contribution in [3.63, 3.8) is 0 Å². The number of carbonyl (C=O) groups excluding carboxylic acids is 1. The summed E-state index contributed by atoms with van der Waals surface area (Å²) in [7, 11) is 1.84. The van der Waals surface area contributed by atoms with Crippen LogP contribution in [0.1, 0.15) is 18.5 Å². The van der Waals surface area contributed by atoms with E-state index >= 15 is 0 Å². The van der Waals surface area contributed by atoms with E-state index in [1.807, 2.05) is 11.7 Å². The van der Waals surface area contributed by atoms with Crippen molar-refractivity contribution >= 4 is 34.3 Å². The zero-order chi connectivity index (χ0) is 13.4. The van der Waals surface area contributed by atoms with Gasteiger partial charge in [-0.2, -0.15) is 5.10 Å². The molecule has 1 aromatic rings. The molecule has 1 saturated heterocycles. The SMILES string of the molecule is CN1C(=O)C(I)CCn2nc(CC3CCOC3)cc21. The fourth-order valence-electron chi connectivity index (χ4n) is 2.72. The van der Waals surface area contributed by atoms with E-state index in [4.69, 9.17) is 4.74 Å². The molecule has 1 amide bonds. The summed E-state index contributed by atoms with van der Waals surface area (Å²) in [5.74, 6) is 1.69. The van der Waals surface area contributed by atoms with E-state index < -0.39 is 0 Å². The average Bonchev–Trinajstić information content (AvgIpc) is 3.02. The fourth-order valence-corrected chi connectivity index (χ4v) is 3.41. The normalized spacial score (nSPS) is 27.5.